The monoisotopic (exact) mass is 204 g/mol. The lowest BCUT2D eigenvalue weighted by atomic mass is 10.1. The van der Waals surface area contributed by atoms with E-state index in [-0.39, 0.29) is 0 Å². The Kier molecular flexibility index (Phi) is 2.75. The highest BCUT2D eigenvalue weighted by atomic mass is 16.3. The van der Waals surface area contributed by atoms with Crippen LogP contribution in [0.5, 0.6) is 0 Å². The van der Waals surface area contributed by atoms with Gasteiger partial charge < -0.3 is 15.1 Å². The summed E-state index contributed by atoms with van der Waals surface area (Å²) >= 11 is 0. The average Bonchev–Trinajstić information content (AvgIpc) is 2.61. The van der Waals surface area contributed by atoms with E-state index in [1.165, 1.54) is 10.9 Å². The fourth-order valence-corrected chi connectivity index (χ4v) is 1.86. The minimum Gasteiger partial charge on any atom is -0.464 e. The first-order valence-corrected chi connectivity index (χ1v) is 5.05. The van der Waals surface area contributed by atoms with Crippen LogP contribution in [0.2, 0.25) is 0 Å². The molecular weight excluding hydrogens is 188 g/mol. The fraction of sp³-hybridized carbons (Fsp3) is 0.333. The van der Waals surface area contributed by atoms with E-state index in [0.717, 1.165) is 17.7 Å². The lowest BCUT2D eigenvalue weighted by Gasteiger charge is -2.08. The van der Waals surface area contributed by atoms with E-state index >= 15 is 0 Å². The maximum atomic E-state index is 5.72. The van der Waals surface area contributed by atoms with Gasteiger partial charge in [0.15, 0.2) is 0 Å². The molecule has 0 fully saturated rings. The van der Waals surface area contributed by atoms with Gasteiger partial charge in [0, 0.05) is 24.0 Å². The summed E-state index contributed by atoms with van der Waals surface area (Å²) in [6.07, 6.45) is 1.82. The number of hydrogen-bond acceptors (Lipinski definition) is 3. The van der Waals surface area contributed by atoms with Gasteiger partial charge in [-0.05, 0) is 25.7 Å². The van der Waals surface area contributed by atoms with Crippen molar-refractivity contribution in [2.24, 2.45) is 5.73 Å². The maximum absolute atomic E-state index is 5.72. The number of fused-ring (bicyclic) bond motifs is 1. The molecule has 0 saturated carbocycles. The minimum absolute atomic E-state index is 0.553. The van der Waals surface area contributed by atoms with Gasteiger partial charge in [0.2, 0.25) is 0 Å². The third kappa shape index (κ3) is 1.89. The molecule has 1 aromatic heterocycles. The van der Waals surface area contributed by atoms with Crippen molar-refractivity contribution in [1.82, 2.24) is 4.90 Å². The molecule has 3 heteroatoms. The Bertz CT molecular complexity index is 460. The summed E-state index contributed by atoms with van der Waals surface area (Å²) in [6, 6.07) is 6.01. The summed E-state index contributed by atoms with van der Waals surface area (Å²) in [4.78, 5) is 2.12. The normalized spacial score (nSPS) is 11.5. The summed E-state index contributed by atoms with van der Waals surface area (Å²) in [5.41, 5.74) is 9.00. The largest absolute Gasteiger partial charge is 0.464 e. The van der Waals surface area contributed by atoms with Gasteiger partial charge in [-0.15, -0.1) is 0 Å². The first kappa shape index (κ1) is 10.2. The second-order valence-corrected chi connectivity index (χ2v) is 3.99. The average molecular weight is 204 g/mol. The summed E-state index contributed by atoms with van der Waals surface area (Å²) in [5, 5.41) is 1.17. The third-order valence-electron chi connectivity index (χ3n) is 2.47. The molecule has 0 amide bonds. The van der Waals surface area contributed by atoms with Crippen LogP contribution in [0.4, 0.5) is 0 Å². The second-order valence-electron chi connectivity index (χ2n) is 3.99. The highest BCUT2D eigenvalue weighted by molar-refractivity contribution is 5.84. The Morgan fingerprint density at radius 3 is 2.73 bits per heavy atom. The number of nitrogens with zero attached hydrogens (tertiary/aromatic N) is 1. The molecule has 2 aromatic rings. The SMILES string of the molecule is CN(C)Cc1coc2cccc(CN)c12. The van der Waals surface area contributed by atoms with Crippen LogP contribution in [0.25, 0.3) is 11.0 Å². The van der Waals surface area contributed by atoms with E-state index in [4.69, 9.17) is 10.2 Å². The number of hydrogen-bond donors (Lipinski definition) is 1. The van der Waals surface area contributed by atoms with E-state index < -0.39 is 0 Å². The van der Waals surface area contributed by atoms with Crippen LogP contribution in [-0.4, -0.2) is 19.0 Å². The molecular formula is C12H16N2O. The molecule has 3 nitrogen and oxygen atoms in total. The van der Waals surface area contributed by atoms with Crippen LogP contribution >= 0.6 is 0 Å². The summed E-state index contributed by atoms with van der Waals surface area (Å²) < 4.78 is 5.51. The van der Waals surface area contributed by atoms with E-state index in [0.29, 0.717) is 6.54 Å². The van der Waals surface area contributed by atoms with Crippen molar-refractivity contribution in [2.45, 2.75) is 13.1 Å². The maximum Gasteiger partial charge on any atom is 0.134 e. The molecule has 0 spiro atoms. The quantitative estimate of drug-likeness (QED) is 0.831. The molecule has 0 radical (unpaired) electrons. The lowest BCUT2D eigenvalue weighted by Crippen LogP contribution is -2.10. The predicted molar refractivity (Wildman–Crippen MR) is 61.5 cm³/mol. The van der Waals surface area contributed by atoms with Crippen LogP contribution in [0.3, 0.4) is 0 Å². The number of furan rings is 1. The molecule has 1 aromatic carbocycles. The number of rotatable bonds is 3. The second kappa shape index (κ2) is 4.04. The van der Waals surface area contributed by atoms with Gasteiger partial charge in [0.1, 0.15) is 5.58 Å². The lowest BCUT2D eigenvalue weighted by molar-refractivity contribution is 0.401. The first-order valence-electron chi connectivity index (χ1n) is 5.05. The van der Waals surface area contributed by atoms with Gasteiger partial charge in [-0.1, -0.05) is 12.1 Å². The molecule has 0 saturated heterocycles. The van der Waals surface area contributed by atoms with Crippen molar-refractivity contribution >= 4 is 11.0 Å². The third-order valence-corrected chi connectivity index (χ3v) is 2.47. The molecule has 0 atom stereocenters. The molecule has 0 aliphatic heterocycles. The van der Waals surface area contributed by atoms with E-state index in [1.54, 1.807) is 0 Å². The van der Waals surface area contributed by atoms with Crippen LogP contribution in [0.1, 0.15) is 11.1 Å². The predicted octanol–water partition coefficient (Wildman–Crippen LogP) is 1.95. The van der Waals surface area contributed by atoms with Gasteiger partial charge in [-0.2, -0.15) is 0 Å². The van der Waals surface area contributed by atoms with Crippen LogP contribution < -0.4 is 5.73 Å². The molecule has 15 heavy (non-hydrogen) atoms. The van der Waals surface area contributed by atoms with Crippen molar-refractivity contribution in [2.75, 3.05) is 14.1 Å². The molecule has 0 aliphatic rings. The Hall–Kier alpha value is -1.32. The molecule has 0 aliphatic carbocycles. The van der Waals surface area contributed by atoms with Crippen LogP contribution in [0, 0.1) is 0 Å². The molecule has 0 bridgehead atoms. The van der Waals surface area contributed by atoms with Crippen LogP contribution in [0.15, 0.2) is 28.9 Å². The van der Waals surface area contributed by atoms with Crippen LogP contribution in [-0.2, 0) is 13.1 Å². The van der Waals surface area contributed by atoms with E-state index in [1.807, 2.05) is 32.5 Å². The van der Waals surface area contributed by atoms with Gasteiger partial charge in [0.05, 0.1) is 6.26 Å². The van der Waals surface area contributed by atoms with Gasteiger partial charge >= 0.3 is 0 Å². The van der Waals surface area contributed by atoms with E-state index in [2.05, 4.69) is 11.0 Å². The summed E-state index contributed by atoms with van der Waals surface area (Å²) in [6.45, 7) is 1.43. The van der Waals surface area contributed by atoms with Crippen molar-refractivity contribution < 1.29 is 4.42 Å². The molecule has 0 unspecified atom stereocenters. The van der Waals surface area contributed by atoms with Gasteiger partial charge in [0.25, 0.3) is 0 Å². The molecule has 2 rings (SSSR count). The first-order chi connectivity index (χ1) is 7.22. The van der Waals surface area contributed by atoms with Gasteiger partial charge in [-0.3, -0.25) is 0 Å². The summed E-state index contributed by atoms with van der Waals surface area (Å²) in [5.74, 6) is 0. The smallest absolute Gasteiger partial charge is 0.134 e. The zero-order chi connectivity index (χ0) is 10.8. The van der Waals surface area contributed by atoms with E-state index in [9.17, 15) is 0 Å². The standard InChI is InChI=1S/C12H16N2O/c1-14(2)7-10-8-15-11-5-3-4-9(6-13)12(10)11/h3-5,8H,6-7,13H2,1-2H3. The molecule has 1 heterocycles. The van der Waals surface area contributed by atoms with Crippen molar-refractivity contribution in [1.29, 1.82) is 0 Å². The molecule has 80 valence electrons. The highest BCUT2D eigenvalue weighted by Gasteiger charge is 2.09. The number of benzene rings is 1. The number of nitrogens with two attached hydrogens (primary N) is 1. The van der Waals surface area contributed by atoms with Crippen molar-refractivity contribution in [3.8, 4) is 0 Å². The van der Waals surface area contributed by atoms with Crippen molar-refractivity contribution in [3.63, 3.8) is 0 Å². The molecule has 2 N–H and O–H groups in total. The summed E-state index contributed by atoms with van der Waals surface area (Å²) in [7, 11) is 4.09. The Labute approximate surface area is 89.5 Å². The minimum atomic E-state index is 0.553. The fourth-order valence-electron chi connectivity index (χ4n) is 1.86. The Morgan fingerprint density at radius 2 is 2.07 bits per heavy atom. The highest BCUT2D eigenvalue weighted by Crippen LogP contribution is 2.25. The zero-order valence-electron chi connectivity index (χ0n) is 9.16. The zero-order valence-corrected chi connectivity index (χ0v) is 9.16. The van der Waals surface area contributed by atoms with Gasteiger partial charge in [-0.25, -0.2) is 0 Å². The Morgan fingerprint density at radius 1 is 1.27 bits per heavy atom. The Balaban J connectivity index is 2.55. The topological polar surface area (TPSA) is 42.4 Å². The van der Waals surface area contributed by atoms with Crippen molar-refractivity contribution in [3.05, 3.63) is 35.6 Å².